The van der Waals surface area contributed by atoms with E-state index in [2.05, 4.69) is 12.7 Å². The number of nitro benzene ring substituents is 1. The summed E-state index contributed by atoms with van der Waals surface area (Å²) >= 11 is 9.65. The van der Waals surface area contributed by atoms with E-state index in [0.717, 1.165) is 6.07 Å². The highest BCUT2D eigenvalue weighted by molar-refractivity contribution is 7.50. The Morgan fingerprint density at radius 2 is 1.81 bits per heavy atom. The van der Waals surface area contributed by atoms with Gasteiger partial charge in [-0.15, -0.1) is 0 Å². The van der Waals surface area contributed by atoms with Crippen molar-refractivity contribution in [2.24, 2.45) is 0 Å². The van der Waals surface area contributed by atoms with Gasteiger partial charge in [0.15, 0.2) is 0 Å². The molecule has 0 aliphatic carbocycles. The zero-order valence-electron chi connectivity index (χ0n) is 7.41. The maximum Gasteiger partial charge on any atom is 0.563 e. The van der Waals surface area contributed by atoms with Crippen LogP contribution in [0, 0.1) is 10.1 Å². The molecule has 1 rings (SSSR count). The average molecular weight is 288 g/mol. The summed E-state index contributed by atoms with van der Waals surface area (Å²) in [6.45, 7) is 0. The summed E-state index contributed by atoms with van der Waals surface area (Å²) in [6, 6.07) is 5.16. The number of hydrogen-bond donors (Lipinski definition) is 0. The Balaban J connectivity index is 3.06. The predicted molar refractivity (Wildman–Crippen MR) is 55.2 cm³/mol. The van der Waals surface area contributed by atoms with Crippen molar-refractivity contribution >= 4 is 37.2 Å². The van der Waals surface area contributed by atoms with Gasteiger partial charge in [-0.3, -0.25) is 10.1 Å². The highest BCUT2D eigenvalue weighted by Gasteiger charge is 2.31. The Labute approximate surface area is 99.9 Å². The molecule has 88 valence electrons. The van der Waals surface area contributed by atoms with Crippen LogP contribution in [-0.4, -0.2) is 4.92 Å². The fourth-order valence-electron chi connectivity index (χ4n) is 0.844. The van der Waals surface area contributed by atoms with Gasteiger partial charge in [-0.1, -0.05) is 12.1 Å². The van der Waals surface area contributed by atoms with E-state index in [4.69, 9.17) is 23.7 Å². The number of nitro groups is 1. The van der Waals surface area contributed by atoms with Gasteiger partial charge in [0.1, 0.15) is 0 Å². The molecule has 0 bridgehead atoms. The van der Waals surface area contributed by atoms with Gasteiger partial charge in [0.25, 0.3) is 0 Å². The van der Waals surface area contributed by atoms with Gasteiger partial charge < -0.3 is 4.52 Å². The van der Waals surface area contributed by atoms with Crippen LogP contribution in [-0.2, 0) is 12.7 Å². The zero-order valence-corrected chi connectivity index (χ0v) is 9.82. The highest BCUT2D eigenvalue weighted by Crippen LogP contribution is 2.53. The van der Waals surface area contributed by atoms with Gasteiger partial charge in [-0.05, 0) is 6.07 Å². The average Bonchev–Trinajstić information content (AvgIpc) is 2.29. The molecule has 10 heteroatoms. The van der Waals surface area contributed by atoms with E-state index in [1.54, 1.807) is 0 Å². The Morgan fingerprint density at radius 1 is 1.25 bits per heavy atom. The van der Waals surface area contributed by atoms with Crippen LogP contribution in [0.3, 0.4) is 0 Å². The normalized spacial score (nSPS) is 11.1. The SMILES string of the molecule is O=[N+]([O-])c1ccccc1OP(=O)(OCl)OCl. The largest absolute Gasteiger partial charge is 0.563 e. The minimum Gasteiger partial charge on any atom is -0.395 e. The van der Waals surface area contributed by atoms with Crippen molar-refractivity contribution in [1.82, 2.24) is 0 Å². The fourth-order valence-corrected chi connectivity index (χ4v) is 1.74. The molecule has 7 nitrogen and oxygen atoms in total. The minimum atomic E-state index is -4.24. The first-order valence-corrected chi connectivity index (χ1v) is 5.74. The number of rotatable bonds is 5. The van der Waals surface area contributed by atoms with Crippen LogP contribution >= 0.6 is 31.6 Å². The first-order chi connectivity index (χ1) is 7.52. The van der Waals surface area contributed by atoms with Crippen LogP contribution < -0.4 is 4.52 Å². The van der Waals surface area contributed by atoms with Crippen molar-refractivity contribution in [2.45, 2.75) is 0 Å². The highest BCUT2D eigenvalue weighted by atomic mass is 35.5. The first-order valence-electron chi connectivity index (χ1n) is 3.66. The third-order valence-corrected chi connectivity index (χ3v) is 3.21. The third-order valence-electron chi connectivity index (χ3n) is 1.44. The van der Waals surface area contributed by atoms with Crippen LogP contribution in [0.4, 0.5) is 5.69 Å². The lowest BCUT2D eigenvalue weighted by atomic mass is 10.3. The molecule has 0 saturated heterocycles. The number of para-hydroxylation sites is 2. The maximum absolute atomic E-state index is 11.3. The summed E-state index contributed by atoms with van der Waals surface area (Å²) in [4.78, 5) is 9.84. The summed E-state index contributed by atoms with van der Waals surface area (Å²) in [7, 11) is -4.24. The second-order valence-corrected chi connectivity index (χ2v) is 4.58. The molecule has 1 aromatic carbocycles. The molecule has 1 aromatic rings. The molecule has 16 heavy (non-hydrogen) atoms. The summed E-state index contributed by atoms with van der Waals surface area (Å²) < 4.78 is 23.6. The standard InChI is InChI=1S/C6H4Cl2NO6P/c7-14-16(12,15-8)13-6-4-2-1-3-5(6)9(10)11/h1-4H. The van der Waals surface area contributed by atoms with Gasteiger partial charge in [0, 0.05) is 6.07 Å². The van der Waals surface area contributed by atoms with Crippen molar-refractivity contribution in [3.8, 4) is 5.75 Å². The number of hydrogen-bond acceptors (Lipinski definition) is 6. The summed E-state index contributed by atoms with van der Waals surface area (Å²) in [5.41, 5.74) is -0.426. The van der Waals surface area contributed by atoms with Gasteiger partial charge in [-0.25, -0.2) is 4.57 Å². The van der Waals surface area contributed by atoms with Gasteiger partial charge >= 0.3 is 13.5 Å². The van der Waals surface area contributed by atoms with Crippen LogP contribution in [0.5, 0.6) is 5.75 Å². The Bertz CT molecular complexity index is 433. The molecular formula is C6H4Cl2NO6P. The fraction of sp³-hybridized carbons (Fsp3) is 0. The van der Waals surface area contributed by atoms with E-state index in [0.29, 0.717) is 0 Å². The smallest absolute Gasteiger partial charge is 0.395 e. The van der Waals surface area contributed by atoms with E-state index in [-0.39, 0.29) is 5.75 Å². The van der Waals surface area contributed by atoms with E-state index >= 15 is 0 Å². The van der Waals surface area contributed by atoms with Crippen LogP contribution in [0.1, 0.15) is 0 Å². The van der Waals surface area contributed by atoms with E-state index in [1.165, 1.54) is 18.2 Å². The molecule has 0 aliphatic rings. The number of phosphoric acid groups is 1. The van der Waals surface area contributed by atoms with Crippen molar-refractivity contribution in [3.63, 3.8) is 0 Å². The van der Waals surface area contributed by atoms with Crippen LogP contribution in [0.25, 0.3) is 0 Å². The topological polar surface area (TPSA) is 87.9 Å². The van der Waals surface area contributed by atoms with Crippen molar-refractivity contribution in [3.05, 3.63) is 34.4 Å². The number of nitrogens with zero attached hydrogens (tertiary/aromatic N) is 1. The summed E-state index contributed by atoms with van der Waals surface area (Å²) in [6.07, 6.45) is 0. The third kappa shape index (κ3) is 3.07. The Morgan fingerprint density at radius 3 is 2.31 bits per heavy atom. The molecule has 0 saturated carbocycles. The molecule has 0 radical (unpaired) electrons. The monoisotopic (exact) mass is 287 g/mol. The number of benzene rings is 1. The molecule has 0 unspecified atom stereocenters. The van der Waals surface area contributed by atoms with E-state index < -0.39 is 18.4 Å². The van der Waals surface area contributed by atoms with Crippen LogP contribution in [0.2, 0.25) is 0 Å². The van der Waals surface area contributed by atoms with E-state index in [1.807, 2.05) is 0 Å². The maximum atomic E-state index is 11.3. The van der Waals surface area contributed by atoms with Gasteiger partial charge in [0.05, 0.1) is 28.7 Å². The lowest BCUT2D eigenvalue weighted by molar-refractivity contribution is -0.385. The molecule has 0 spiro atoms. The molecule has 0 atom stereocenters. The van der Waals surface area contributed by atoms with Gasteiger partial charge in [0.2, 0.25) is 5.75 Å². The minimum absolute atomic E-state index is 0.336. The molecular weight excluding hydrogens is 284 g/mol. The first kappa shape index (κ1) is 13.2. The molecule has 0 aliphatic heterocycles. The molecule has 0 amide bonds. The zero-order chi connectivity index (χ0) is 12.2. The molecule has 0 N–H and O–H groups in total. The predicted octanol–water partition coefficient (Wildman–Crippen LogP) is 3.42. The van der Waals surface area contributed by atoms with Crippen molar-refractivity contribution < 1.29 is 22.2 Å². The molecule has 0 fully saturated rings. The second kappa shape index (κ2) is 5.47. The Kier molecular flexibility index (Phi) is 4.52. The summed E-state index contributed by atoms with van der Waals surface area (Å²) in [5, 5.41) is 10.6. The van der Waals surface area contributed by atoms with Gasteiger partial charge in [-0.2, -0.15) is 8.15 Å². The molecule has 0 aromatic heterocycles. The second-order valence-electron chi connectivity index (χ2n) is 2.40. The summed E-state index contributed by atoms with van der Waals surface area (Å²) in [5.74, 6) is -0.336. The lowest BCUT2D eigenvalue weighted by Gasteiger charge is -2.10. The van der Waals surface area contributed by atoms with Crippen molar-refractivity contribution in [2.75, 3.05) is 0 Å². The Hall–Kier alpha value is -0.850. The van der Waals surface area contributed by atoms with Crippen molar-refractivity contribution in [1.29, 1.82) is 0 Å². The van der Waals surface area contributed by atoms with E-state index in [9.17, 15) is 14.7 Å². The lowest BCUT2D eigenvalue weighted by Crippen LogP contribution is -1.97. The molecule has 0 heterocycles. The van der Waals surface area contributed by atoms with Crippen LogP contribution in [0.15, 0.2) is 24.3 Å². The quantitative estimate of drug-likeness (QED) is 0.468. The number of halogens is 2.